The summed E-state index contributed by atoms with van der Waals surface area (Å²) in [4.78, 5) is 24.3. The quantitative estimate of drug-likeness (QED) is 0.562. The van der Waals surface area contributed by atoms with Crippen LogP contribution in [0, 0.1) is 11.6 Å². The highest BCUT2D eigenvalue weighted by molar-refractivity contribution is 5.95. The van der Waals surface area contributed by atoms with Crippen molar-refractivity contribution >= 4 is 11.9 Å². The Hall–Kier alpha value is -3.94. The fraction of sp³-hybridized carbons (Fsp3) is 0.167. The minimum Gasteiger partial charge on any atom is -0.496 e. The minimum absolute atomic E-state index is 0.178. The van der Waals surface area contributed by atoms with Crippen molar-refractivity contribution in [1.82, 2.24) is 4.90 Å². The lowest BCUT2D eigenvalue weighted by Crippen LogP contribution is -2.31. The molecule has 0 fully saturated rings. The lowest BCUT2D eigenvalue weighted by molar-refractivity contribution is -0.137. The van der Waals surface area contributed by atoms with Crippen LogP contribution in [0.1, 0.15) is 15.9 Å². The molecular formula is C24H21F2NO5. The van der Waals surface area contributed by atoms with Crippen LogP contribution in [0.25, 0.3) is 11.1 Å². The average Bonchev–Trinajstić information content (AvgIpc) is 2.78. The molecule has 0 saturated heterocycles. The van der Waals surface area contributed by atoms with Gasteiger partial charge >= 0.3 is 5.97 Å². The number of halogens is 2. The fourth-order valence-electron chi connectivity index (χ4n) is 3.11. The van der Waals surface area contributed by atoms with Gasteiger partial charge in [0.1, 0.15) is 24.7 Å². The lowest BCUT2D eigenvalue weighted by atomic mass is 10.0. The number of likely N-dealkylation sites (N-methyl/N-ethyl adjacent to an activating group) is 1. The van der Waals surface area contributed by atoms with E-state index in [0.29, 0.717) is 22.4 Å². The third-order valence-corrected chi connectivity index (χ3v) is 4.71. The first-order valence-electron chi connectivity index (χ1n) is 9.61. The number of carbonyl (C=O) groups is 2. The zero-order valence-corrected chi connectivity index (χ0v) is 17.5. The van der Waals surface area contributed by atoms with Gasteiger partial charge in [-0.2, -0.15) is 0 Å². The van der Waals surface area contributed by atoms with Gasteiger partial charge < -0.3 is 19.5 Å². The van der Waals surface area contributed by atoms with E-state index in [1.807, 2.05) is 0 Å². The fourth-order valence-corrected chi connectivity index (χ4v) is 3.11. The Bertz CT molecular complexity index is 1130. The second kappa shape index (κ2) is 9.91. The summed E-state index contributed by atoms with van der Waals surface area (Å²) in [5, 5.41) is 8.84. The molecule has 3 aromatic rings. The molecule has 0 aliphatic carbocycles. The highest BCUT2D eigenvalue weighted by atomic mass is 19.2. The minimum atomic E-state index is -1.09. The van der Waals surface area contributed by atoms with Gasteiger partial charge in [0.2, 0.25) is 0 Å². The molecule has 0 aliphatic rings. The van der Waals surface area contributed by atoms with Gasteiger partial charge in [-0.1, -0.05) is 24.3 Å². The maximum atomic E-state index is 13.7. The number of carboxylic acid groups (broad SMARTS) is 1. The molecule has 1 N–H and O–H groups in total. The Labute approximate surface area is 183 Å². The van der Waals surface area contributed by atoms with E-state index in [1.165, 1.54) is 14.2 Å². The molecule has 0 heterocycles. The van der Waals surface area contributed by atoms with E-state index in [4.69, 9.17) is 14.6 Å². The first-order valence-corrected chi connectivity index (χ1v) is 9.61. The number of hydrogen-bond donors (Lipinski definition) is 1. The molecule has 0 aromatic heterocycles. The molecule has 0 bridgehead atoms. The first-order chi connectivity index (χ1) is 15.3. The molecule has 8 heteroatoms. The van der Waals surface area contributed by atoms with Crippen molar-refractivity contribution in [3.05, 3.63) is 83.4 Å². The summed E-state index contributed by atoms with van der Waals surface area (Å²) in [5.74, 6) is -2.70. The standard InChI is InChI=1S/C24H21F2NO5/c1-27(13-23(28)29)24(30)17-5-3-4-15(10-17)14-32-18-8-6-16(7-9-18)19-11-20(25)21(26)12-22(19)31-2/h3-12H,13-14H2,1-2H3,(H,28,29). The molecule has 0 saturated carbocycles. The molecule has 0 spiro atoms. The number of aliphatic carboxylic acids is 1. The molecule has 0 unspecified atom stereocenters. The number of amides is 1. The maximum Gasteiger partial charge on any atom is 0.323 e. The van der Waals surface area contributed by atoms with Crippen molar-refractivity contribution in [3.63, 3.8) is 0 Å². The number of nitrogens with zero attached hydrogens (tertiary/aromatic N) is 1. The van der Waals surface area contributed by atoms with Crippen LogP contribution in [-0.4, -0.2) is 42.6 Å². The highest BCUT2D eigenvalue weighted by Gasteiger charge is 2.15. The van der Waals surface area contributed by atoms with E-state index >= 15 is 0 Å². The lowest BCUT2D eigenvalue weighted by Gasteiger charge is -2.15. The van der Waals surface area contributed by atoms with Crippen LogP contribution in [0.4, 0.5) is 8.78 Å². The number of ether oxygens (including phenoxy) is 2. The van der Waals surface area contributed by atoms with Crippen LogP contribution in [0.2, 0.25) is 0 Å². The third kappa shape index (κ3) is 5.40. The Morgan fingerprint density at radius 3 is 2.34 bits per heavy atom. The molecule has 3 aromatic carbocycles. The molecule has 32 heavy (non-hydrogen) atoms. The topological polar surface area (TPSA) is 76.1 Å². The van der Waals surface area contributed by atoms with Gasteiger partial charge in [-0.15, -0.1) is 0 Å². The molecule has 0 atom stereocenters. The van der Waals surface area contributed by atoms with Crippen molar-refractivity contribution < 1.29 is 33.0 Å². The molecule has 6 nitrogen and oxygen atoms in total. The highest BCUT2D eigenvalue weighted by Crippen LogP contribution is 2.33. The van der Waals surface area contributed by atoms with Gasteiger partial charge in [0.15, 0.2) is 11.6 Å². The first kappa shape index (κ1) is 22.7. The molecule has 0 aliphatic heterocycles. The van der Waals surface area contributed by atoms with Gasteiger partial charge in [-0.3, -0.25) is 9.59 Å². The van der Waals surface area contributed by atoms with E-state index < -0.39 is 30.1 Å². The maximum absolute atomic E-state index is 13.7. The summed E-state index contributed by atoms with van der Waals surface area (Å²) in [6.45, 7) is -0.216. The van der Waals surface area contributed by atoms with Crippen LogP contribution in [0.15, 0.2) is 60.7 Å². The van der Waals surface area contributed by atoms with Crippen molar-refractivity contribution in [2.75, 3.05) is 20.7 Å². The van der Waals surface area contributed by atoms with Crippen LogP contribution < -0.4 is 9.47 Å². The number of carbonyl (C=O) groups excluding carboxylic acids is 1. The normalized spacial score (nSPS) is 10.5. The smallest absolute Gasteiger partial charge is 0.323 e. The van der Waals surface area contributed by atoms with Crippen LogP contribution in [-0.2, 0) is 11.4 Å². The Morgan fingerprint density at radius 2 is 1.69 bits per heavy atom. The van der Waals surface area contributed by atoms with Crippen molar-refractivity contribution in [1.29, 1.82) is 0 Å². The number of benzene rings is 3. The van der Waals surface area contributed by atoms with Gasteiger partial charge in [-0.05, 0) is 41.5 Å². The monoisotopic (exact) mass is 441 g/mol. The van der Waals surface area contributed by atoms with E-state index in [-0.39, 0.29) is 12.4 Å². The zero-order chi connectivity index (χ0) is 23.3. The second-order valence-electron chi connectivity index (χ2n) is 7.03. The van der Waals surface area contributed by atoms with Crippen LogP contribution in [0.5, 0.6) is 11.5 Å². The SMILES string of the molecule is COc1cc(F)c(F)cc1-c1ccc(OCc2cccc(C(=O)N(C)CC(=O)O)c2)cc1. The average molecular weight is 441 g/mol. The van der Waals surface area contributed by atoms with Gasteiger partial charge in [0, 0.05) is 24.2 Å². The van der Waals surface area contributed by atoms with E-state index in [2.05, 4.69) is 0 Å². The number of hydrogen-bond acceptors (Lipinski definition) is 4. The summed E-state index contributed by atoms with van der Waals surface area (Å²) < 4.78 is 38.0. The van der Waals surface area contributed by atoms with Gasteiger partial charge in [0.05, 0.1) is 7.11 Å². The number of methoxy groups -OCH3 is 1. The Morgan fingerprint density at radius 1 is 1.00 bits per heavy atom. The summed E-state index contributed by atoms with van der Waals surface area (Å²) in [6, 6.07) is 15.6. The largest absolute Gasteiger partial charge is 0.496 e. The van der Waals surface area contributed by atoms with Crippen LogP contribution >= 0.6 is 0 Å². The van der Waals surface area contributed by atoms with Gasteiger partial charge in [-0.25, -0.2) is 8.78 Å². The second-order valence-corrected chi connectivity index (χ2v) is 7.03. The molecule has 0 radical (unpaired) electrons. The summed E-state index contributed by atoms with van der Waals surface area (Å²) in [7, 11) is 2.80. The van der Waals surface area contributed by atoms with Crippen LogP contribution in [0.3, 0.4) is 0 Å². The summed E-state index contributed by atoms with van der Waals surface area (Å²) >= 11 is 0. The molecular weight excluding hydrogens is 420 g/mol. The molecule has 166 valence electrons. The van der Waals surface area contributed by atoms with E-state index in [1.54, 1.807) is 48.5 Å². The van der Waals surface area contributed by atoms with Gasteiger partial charge in [0.25, 0.3) is 5.91 Å². The molecule has 1 amide bonds. The van der Waals surface area contributed by atoms with E-state index in [0.717, 1.165) is 22.6 Å². The predicted molar refractivity (Wildman–Crippen MR) is 114 cm³/mol. The van der Waals surface area contributed by atoms with Crippen molar-refractivity contribution in [2.45, 2.75) is 6.61 Å². The zero-order valence-electron chi connectivity index (χ0n) is 17.5. The molecule has 3 rings (SSSR count). The third-order valence-electron chi connectivity index (χ3n) is 4.71. The Kier molecular flexibility index (Phi) is 7.04. The summed E-state index contributed by atoms with van der Waals surface area (Å²) in [6.07, 6.45) is 0. The number of rotatable bonds is 8. The number of carboxylic acids is 1. The predicted octanol–water partition coefficient (Wildman–Crippen LogP) is 4.38. The van der Waals surface area contributed by atoms with E-state index in [9.17, 15) is 18.4 Å². The Balaban J connectivity index is 1.69. The summed E-state index contributed by atoms with van der Waals surface area (Å²) in [5.41, 5.74) is 2.12. The van der Waals surface area contributed by atoms with Crippen molar-refractivity contribution in [3.8, 4) is 22.6 Å². The van der Waals surface area contributed by atoms with Crippen molar-refractivity contribution in [2.24, 2.45) is 0 Å².